The Bertz CT molecular complexity index is 867. The van der Waals surface area contributed by atoms with Gasteiger partial charge in [-0.15, -0.1) is 0 Å². The summed E-state index contributed by atoms with van der Waals surface area (Å²) in [6.45, 7) is 6.57. The first kappa shape index (κ1) is 21.9. The molecule has 6 heteroatoms. The predicted molar refractivity (Wildman–Crippen MR) is 114 cm³/mol. The standard InChI is InChI=1S/C23H26N2O4/c1-4-25(5-2)23(28)16-29-21-13-9-19(10-14-21)22(27)15-8-18-6-11-20(12-7-18)24-17(3)26/h6-15H,4-5,16H2,1-3H3,(H,24,26)/b15-8+. The van der Waals surface area contributed by atoms with E-state index in [0.717, 1.165) is 5.56 Å². The van der Waals surface area contributed by atoms with Crippen molar-refractivity contribution in [3.05, 3.63) is 65.7 Å². The van der Waals surface area contributed by atoms with Crippen molar-refractivity contribution in [2.24, 2.45) is 0 Å². The highest BCUT2D eigenvalue weighted by Gasteiger charge is 2.10. The number of anilines is 1. The minimum absolute atomic E-state index is 0.0244. The van der Waals surface area contributed by atoms with E-state index in [4.69, 9.17) is 4.74 Å². The van der Waals surface area contributed by atoms with Gasteiger partial charge in [0.15, 0.2) is 12.4 Å². The lowest BCUT2D eigenvalue weighted by Gasteiger charge is -2.18. The number of ketones is 1. The van der Waals surface area contributed by atoms with Crippen LogP contribution in [0.5, 0.6) is 5.75 Å². The molecule has 6 nitrogen and oxygen atoms in total. The quantitative estimate of drug-likeness (QED) is 0.519. The molecule has 0 saturated carbocycles. The van der Waals surface area contributed by atoms with Crippen LogP contribution in [0, 0.1) is 0 Å². The molecule has 0 aliphatic heterocycles. The van der Waals surface area contributed by atoms with Gasteiger partial charge < -0.3 is 15.0 Å². The van der Waals surface area contributed by atoms with Crippen LogP contribution >= 0.6 is 0 Å². The Hall–Kier alpha value is -3.41. The van der Waals surface area contributed by atoms with Crippen molar-refractivity contribution in [3.8, 4) is 5.75 Å². The van der Waals surface area contributed by atoms with E-state index < -0.39 is 0 Å². The number of allylic oxidation sites excluding steroid dienone is 1. The second kappa shape index (κ2) is 10.8. The zero-order valence-corrected chi connectivity index (χ0v) is 17.0. The molecule has 2 aromatic rings. The Morgan fingerprint density at radius 1 is 0.966 bits per heavy atom. The predicted octanol–water partition coefficient (Wildman–Crippen LogP) is 3.79. The molecule has 0 fully saturated rings. The van der Waals surface area contributed by atoms with Crippen LogP contribution in [0.4, 0.5) is 5.69 Å². The van der Waals surface area contributed by atoms with Crippen LogP contribution in [0.3, 0.4) is 0 Å². The Labute approximate surface area is 171 Å². The average Bonchev–Trinajstić information content (AvgIpc) is 2.72. The van der Waals surface area contributed by atoms with Gasteiger partial charge in [0.25, 0.3) is 5.91 Å². The Morgan fingerprint density at radius 3 is 2.14 bits per heavy atom. The van der Waals surface area contributed by atoms with E-state index in [0.29, 0.717) is 30.1 Å². The first-order chi connectivity index (χ1) is 13.9. The topological polar surface area (TPSA) is 75.7 Å². The minimum Gasteiger partial charge on any atom is -0.484 e. The van der Waals surface area contributed by atoms with Gasteiger partial charge in [-0.1, -0.05) is 18.2 Å². The van der Waals surface area contributed by atoms with Crippen molar-refractivity contribution in [2.75, 3.05) is 25.0 Å². The molecule has 0 spiro atoms. The summed E-state index contributed by atoms with van der Waals surface area (Å²) in [6.07, 6.45) is 3.21. The largest absolute Gasteiger partial charge is 0.484 e. The van der Waals surface area contributed by atoms with E-state index in [1.807, 2.05) is 26.0 Å². The highest BCUT2D eigenvalue weighted by Crippen LogP contribution is 2.15. The molecule has 2 amide bonds. The molecule has 0 saturated heterocycles. The van der Waals surface area contributed by atoms with Crippen LogP contribution < -0.4 is 10.1 Å². The molecule has 0 radical (unpaired) electrons. The first-order valence-electron chi connectivity index (χ1n) is 9.53. The molecule has 1 N–H and O–H groups in total. The summed E-state index contributed by atoms with van der Waals surface area (Å²) in [5, 5.41) is 2.69. The Kier molecular flexibility index (Phi) is 8.15. The summed E-state index contributed by atoms with van der Waals surface area (Å²) in [5.74, 6) is 0.206. The number of hydrogen-bond acceptors (Lipinski definition) is 4. The van der Waals surface area contributed by atoms with Gasteiger partial charge >= 0.3 is 0 Å². The maximum atomic E-state index is 12.3. The molecule has 0 bridgehead atoms. The van der Waals surface area contributed by atoms with Crippen molar-refractivity contribution in [1.82, 2.24) is 4.90 Å². The third kappa shape index (κ3) is 6.92. The van der Waals surface area contributed by atoms with Crippen LogP contribution in [0.2, 0.25) is 0 Å². The molecular weight excluding hydrogens is 368 g/mol. The summed E-state index contributed by atoms with van der Waals surface area (Å²) >= 11 is 0. The third-order valence-electron chi connectivity index (χ3n) is 4.28. The molecule has 2 aromatic carbocycles. The van der Waals surface area contributed by atoms with E-state index in [9.17, 15) is 14.4 Å². The van der Waals surface area contributed by atoms with Gasteiger partial charge in [-0.05, 0) is 61.9 Å². The highest BCUT2D eigenvalue weighted by molar-refractivity contribution is 6.06. The van der Waals surface area contributed by atoms with E-state index in [1.165, 1.54) is 13.0 Å². The molecule has 0 aliphatic carbocycles. The molecule has 0 heterocycles. The molecule has 29 heavy (non-hydrogen) atoms. The SMILES string of the molecule is CCN(CC)C(=O)COc1ccc(C(=O)/C=C/c2ccc(NC(C)=O)cc2)cc1. The van der Waals surface area contributed by atoms with Crippen molar-refractivity contribution in [3.63, 3.8) is 0 Å². The number of rotatable bonds is 9. The lowest BCUT2D eigenvalue weighted by atomic mass is 10.1. The zero-order valence-electron chi connectivity index (χ0n) is 17.0. The van der Waals surface area contributed by atoms with Gasteiger partial charge in [-0.25, -0.2) is 0 Å². The second-order valence-electron chi connectivity index (χ2n) is 6.38. The van der Waals surface area contributed by atoms with Gasteiger partial charge in [0.2, 0.25) is 5.91 Å². The Morgan fingerprint density at radius 2 is 1.59 bits per heavy atom. The minimum atomic E-state index is -0.137. The maximum Gasteiger partial charge on any atom is 0.260 e. The third-order valence-corrected chi connectivity index (χ3v) is 4.28. The van der Waals surface area contributed by atoms with Crippen molar-refractivity contribution in [1.29, 1.82) is 0 Å². The highest BCUT2D eigenvalue weighted by atomic mass is 16.5. The lowest BCUT2D eigenvalue weighted by Crippen LogP contribution is -2.34. The molecule has 152 valence electrons. The first-order valence-corrected chi connectivity index (χ1v) is 9.53. The van der Waals surface area contributed by atoms with Gasteiger partial charge in [0.05, 0.1) is 0 Å². The van der Waals surface area contributed by atoms with Gasteiger partial charge in [0.1, 0.15) is 5.75 Å². The van der Waals surface area contributed by atoms with Crippen LogP contribution in [0.25, 0.3) is 6.08 Å². The van der Waals surface area contributed by atoms with Gasteiger partial charge in [0, 0.05) is 31.3 Å². The van der Waals surface area contributed by atoms with Crippen LogP contribution in [0.1, 0.15) is 36.7 Å². The summed E-state index contributed by atoms with van der Waals surface area (Å²) in [4.78, 5) is 37.0. The van der Waals surface area contributed by atoms with Gasteiger partial charge in [-0.2, -0.15) is 0 Å². The molecule has 0 aliphatic rings. The van der Waals surface area contributed by atoms with E-state index in [2.05, 4.69) is 5.32 Å². The number of nitrogens with zero attached hydrogens (tertiary/aromatic N) is 1. The van der Waals surface area contributed by atoms with Crippen molar-refractivity contribution < 1.29 is 19.1 Å². The summed E-state index contributed by atoms with van der Waals surface area (Å²) in [6, 6.07) is 13.9. The number of carbonyl (C=O) groups is 3. The molecular formula is C23H26N2O4. The summed E-state index contributed by atoms with van der Waals surface area (Å²) < 4.78 is 5.50. The van der Waals surface area contributed by atoms with E-state index in [-0.39, 0.29) is 24.2 Å². The van der Waals surface area contributed by atoms with E-state index in [1.54, 1.807) is 47.4 Å². The summed E-state index contributed by atoms with van der Waals surface area (Å²) in [5.41, 5.74) is 2.08. The molecule has 0 aromatic heterocycles. The number of likely N-dealkylation sites (N-methyl/N-ethyl adjacent to an activating group) is 1. The average molecular weight is 394 g/mol. The number of ether oxygens (including phenoxy) is 1. The van der Waals surface area contributed by atoms with Crippen LogP contribution in [-0.2, 0) is 9.59 Å². The zero-order chi connectivity index (χ0) is 21.2. The van der Waals surface area contributed by atoms with Crippen LogP contribution in [0.15, 0.2) is 54.6 Å². The summed E-state index contributed by atoms with van der Waals surface area (Å²) in [7, 11) is 0. The normalized spacial score (nSPS) is 10.6. The lowest BCUT2D eigenvalue weighted by molar-refractivity contribution is -0.133. The monoisotopic (exact) mass is 394 g/mol. The van der Waals surface area contributed by atoms with Crippen LogP contribution in [-0.4, -0.2) is 42.2 Å². The van der Waals surface area contributed by atoms with Crippen molar-refractivity contribution in [2.45, 2.75) is 20.8 Å². The van der Waals surface area contributed by atoms with Crippen molar-refractivity contribution >= 4 is 29.4 Å². The number of carbonyl (C=O) groups excluding carboxylic acids is 3. The maximum absolute atomic E-state index is 12.3. The number of nitrogens with one attached hydrogen (secondary N) is 1. The number of hydrogen-bond donors (Lipinski definition) is 1. The fourth-order valence-electron chi connectivity index (χ4n) is 2.68. The van der Waals surface area contributed by atoms with Gasteiger partial charge in [-0.3, -0.25) is 14.4 Å². The molecule has 2 rings (SSSR count). The number of benzene rings is 2. The molecule has 0 atom stereocenters. The van der Waals surface area contributed by atoms with E-state index >= 15 is 0 Å². The fourth-order valence-corrected chi connectivity index (χ4v) is 2.68. The smallest absolute Gasteiger partial charge is 0.260 e. The Balaban J connectivity index is 1.92. The second-order valence-corrected chi connectivity index (χ2v) is 6.38. The molecule has 0 unspecified atom stereocenters. The number of amides is 2. The fraction of sp³-hybridized carbons (Fsp3) is 0.261.